The number of nitrogens with one attached hydrogen (secondary N) is 1. The van der Waals surface area contributed by atoms with Gasteiger partial charge in [-0.2, -0.15) is 0 Å². The lowest BCUT2D eigenvalue weighted by atomic mass is 9.95. The standard InChI is InChI=1S/C21H22ClN5OS/c1-27-18(25-26-20(27)29-14-17-4-2-3-12-23-17)9-13-24-19(28)21(10-11-21)15-5-7-16(22)8-6-15/h2-8,12H,9-11,13-14H2,1H3,(H,24,28). The molecule has 0 radical (unpaired) electrons. The van der Waals surface area contributed by atoms with Gasteiger partial charge in [0.2, 0.25) is 5.91 Å². The number of hydrogen-bond donors (Lipinski definition) is 1. The summed E-state index contributed by atoms with van der Waals surface area (Å²) >= 11 is 7.57. The number of thioether (sulfide) groups is 1. The number of nitrogens with zero attached hydrogens (tertiary/aromatic N) is 4. The summed E-state index contributed by atoms with van der Waals surface area (Å²) in [6.07, 6.45) is 4.17. The van der Waals surface area contributed by atoms with Crippen molar-refractivity contribution < 1.29 is 4.79 Å². The zero-order valence-electron chi connectivity index (χ0n) is 16.1. The maximum absolute atomic E-state index is 12.8. The molecule has 6 nitrogen and oxygen atoms in total. The number of aromatic nitrogens is 4. The van der Waals surface area contributed by atoms with E-state index in [1.54, 1.807) is 18.0 Å². The van der Waals surface area contributed by atoms with Crippen LogP contribution in [0.3, 0.4) is 0 Å². The van der Waals surface area contributed by atoms with Crippen LogP contribution in [0.25, 0.3) is 0 Å². The van der Waals surface area contributed by atoms with Gasteiger partial charge in [-0.1, -0.05) is 41.6 Å². The Hall–Kier alpha value is -2.38. The van der Waals surface area contributed by atoms with Crippen LogP contribution in [0.15, 0.2) is 53.8 Å². The van der Waals surface area contributed by atoms with Gasteiger partial charge in [0.05, 0.1) is 11.1 Å². The van der Waals surface area contributed by atoms with Crippen molar-refractivity contribution in [2.45, 2.75) is 35.6 Å². The molecule has 0 atom stereocenters. The molecule has 0 bridgehead atoms. The van der Waals surface area contributed by atoms with Crippen LogP contribution in [0, 0.1) is 0 Å². The van der Waals surface area contributed by atoms with Crippen LogP contribution in [0.5, 0.6) is 0 Å². The first-order valence-corrected chi connectivity index (χ1v) is 10.9. The van der Waals surface area contributed by atoms with Gasteiger partial charge in [-0.15, -0.1) is 10.2 Å². The number of pyridine rings is 1. The molecule has 1 amide bonds. The Kier molecular flexibility index (Phi) is 5.87. The largest absolute Gasteiger partial charge is 0.355 e. The third-order valence-electron chi connectivity index (χ3n) is 5.22. The normalized spacial score (nSPS) is 14.6. The summed E-state index contributed by atoms with van der Waals surface area (Å²) in [5.41, 5.74) is 1.64. The minimum absolute atomic E-state index is 0.0757. The van der Waals surface area contributed by atoms with Crippen LogP contribution in [0.2, 0.25) is 5.02 Å². The van der Waals surface area contributed by atoms with Gasteiger partial charge in [-0.3, -0.25) is 9.78 Å². The molecular weight excluding hydrogens is 406 g/mol. The van der Waals surface area contributed by atoms with E-state index in [4.69, 9.17) is 11.6 Å². The van der Waals surface area contributed by atoms with Crippen molar-refractivity contribution in [1.29, 1.82) is 0 Å². The monoisotopic (exact) mass is 427 g/mol. The maximum atomic E-state index is 12.8. The Morgan fingerprint density at radius 3 is 2.69 bits per heavy atom. The van der Waals surface area contributed by atoms with Crippen LogP contribution in [-0.2, 0) is 29.4 Å². The fourth-order valence-electron chi connectivity index (χ4n) is 3.31. The number of hydrogen-bond acceptors (Lipinski definition) is 5. The average Bonchev–Trinajstić information content (AvgIpc) is 3.48. The van der Waals surface area contributed by atoms with Crippen LogP contribution >= 0.6 is 23.4 Å². The Labute approximate surface area is 179 Å². The molecule has 1 N–H and O–H groups in total. The highest BCUT2D eigenvalue weighted by molar-refractivity contribution is 7.98. The van der Waals surface area contributed by atoms with Gasteiger partial charge >= 0.3 is 0 Å². The third kappa shape index (κ3) is 4.46. The molecule has 1 saturated carbocycles. The highest BCUT2D eigenvalue weighted by Gasteiger charge is 2.50. The topological polar surface area (TPSA) is 72.7 Å². The van der Waals surface area contributed by atoms with Crippen molar-refractivity contribution in [2.24, 2.45) is 7.05 Å². The maximum Gasteiger partial charge on any atom is 0.230 e. The molecule has 29 heavy (non-hydrogen) atoms. The lowest BCUT2D eigenvalue weighted by Crippen LogP contribution is -2.36. The quantitative estimate of drug-likeness (QED) is 0.556. The molecule has 0 aliphatic heterocycles. The molecule has 0 saturated heterocycles. The molecule has 150 valence electrons. The summed E-state index contributed by atoms with van der Waals surface area (Å²) < 4.78 is 1.98. The van der Waals surface area contributed by atoms with E-state index in [2.05, 4.69) is 20.5 Å². The van der Waals surface area contributed by atoms with E-state index in [0.29, 0.717) is 18.0 Å². The van der Waals surface area contributed by atoms with E-state index in [1.807, 2.05) is 54.1 Å². The molecule has 0 unspecified atom stereocenters. The number of carbonyl (C=O) groups is 1. The molecule has 0 spiro atoms. The van der Waals surface area contributed by atoms with Crippen molar-refractivity contribution in [1.82, 2.24) is 25.1 Å². The molecule has 8 heteroatoms. The molecule has 1 aliphatic carbocycles. The Morgan fingerprint density at radius 1 is 1.21 bits per heavy atom. The van der Waals surface area contributed by atoms with Crippen molar-refractivity contribution in [3.05, 3.63) is 70.8 Å². The van der Waals surface area contributed by atoms with Gasteiger partial charge in [-0.05, 0) is 42.7 Å². The van der Waals surface area contributed by atoms with Gasteiger partial charge in [0.15, 0.2) is 5.16 Å². The van der Waals surface area contributed by atoms with Gasteiger partial charge in [0, 0.05) is 37.0 Å². The van der Waals surface area contributed by atoms with Gasteiger partial charge in [0.25, 0.3) is 0 Å². The second kappa shape index (κ2) is 8.55. The predicted molar refractivity (Wildman–Crippen MR) is 114 cm³/mol. The minimum Gasteiger partial charge on any atom is -0.355 e. The SMILES string of the molecule is Cn1c(CCNC(=O)C2(c3ccc(Cl)cc3)CC2)nnc1SCc1ccccn1. The molecule has 2 heterocycles. The Bertz CT molecular complexity index is 986. The van der Waals surface area contributed by atoms with Gasteiger partial charge in [0.1, 0.15) is 5.82 Å². The van der Waals surface area contributed by atoms with E-state index in [0.717, 1.165) is 40.8 Å². The molecule has 4 rings (SSSR count). The highest BCUT2D eigenvalue weighted by Crippen LogP contribution is 2.48. The lowest BCUT2D eigenvalue weighted by Gasteiger charge is -2.15. The summed E-state index contributed by atoms with van der Waals surface area (Å²) in [4.78, 5) is 17.1. The van der Waals surface area contributed by atoms with Gasteiger partial charge < -0.3 is 9.88 Å². The Morgan fingerprint density at radius 2 is 2.00 bits per heavy atom. The number of halogens is 1. The lowest BCUT2D eigenvalue weighted by molar-refractivity contribution is -0.123. The van der Waals surface area contributed by atoms with Crippen LogP contribution in [0.4, 0.5) is 0 Å². The summed E-state index contributed by atoms with van der Waals surface area (Å²) in [5.74, 6) is 1.67. The first kappa shape index (κ1) is 19.9. The van der Waals surface area contributed by atoms with E-state index < -0.39 is 5.41 Å². The zero-order chi connectivity index (χ0) is 20.3. The summed E-state index contributed by atoms with van der Waals surface area (Å²) in [6.45, 7) is 0.533. The van der Waals surface area contributed by atoms with Crippen molar-refractivity contribution >= 4 is 29.3 Å². The van der Waals surface area contributed by atoms with Gasteiger partial charge in [-0.25, -0.2) is 0 Å². The third-order valence-corrected chi connectivity index (χ3v) is 6.52. The summed E-state index contributed by atoms with van der Waals surface area (Å²) in [6, 6.07) is 13.5. The van der Waals surface area contributed by atoms with E-state index in [9.17, 15) is 4.79 Å². The van der Waals surface area contributed by atoms with E-state index >= 15 is 0 Å². The van der Waals surface area contributed by atoms with E-state index in [1.165, 1.54) is 0 Å². The van der Waals surface area contributed by atoms with Crippen LogP contribution in [0.1, 0.15) is 29.9 Å². The van der Waals surface area contributed by atoms with Crippen molar-refractivity contribution in [2.75, 3.05) is 6.54 Å². The molecule has 2 aromatic heterocycles. The first-order valence-electron chi connectivity index (χ1n) is 9.54. The number of rotatable bonds is 8. The molecule has 3 aromatic rings. The molecule has 1 aliphatic rings. The second-order valence-electron chi connectivity index (χ2n) is 7.16. The van der Waals surface area contributed by atoms with Crippen molar-refractivity contribution in [3.63, 3.8) is 0 Å². The van der Waals surface area contributed by atoms with Crippen molar-refractivity contribution in [3.8, 4) is 0 Å². The van der Waals surface area contributed by atoms with Crippen LogP contribution in [-0.4, -0.2) is 32.2 Å². The number of carbonyl (C=O) groups excluding carboxylic acids is 1. The summed E-state index contributed by atoms with van der Waals surface area (Å²) in [5, 5.41) is 13.1. The van der Waals surface area contributed by atoms with E-state index in [-0.39, 0.29) is 5.91 Å². The molecule has 1 fully saturated rings. The average molecular weight is 428 g/mol. The molecular formula is C21H22ClN5OS. The molecule has 1 aromatic carbocycles. The highest BCUT2D eigenvalue weighted by atomic mass is 35.5. The predicted octanol–water partition coefficient (Wildman–Crippen LogP) is 3.55. The fourth-order valence-corrected chi connectivity index (χ4v) is 4.28. The number of amides is 1. The van der Waals surface area contributed by atoms with Crippen LogP contribution < -0.4 is 5.32 Å². The zero-order valence-corrected chi connectivity index (χ0v) is 17.7. The first-order chi connectivity index (χ1) is 14.1. The second-order valence-corrected chi connectivity index (χ2v) is 8.54. The Balaban J connectivity index is 1.30. The fraction of sp³-hybridized carbons (Fsp3) is 0.333. The minimum atomic E-state index is -0.395. The summed E-state index contributed by atoms with van der Waals surface area (Å²) in [7, 11) is 1.95. The smallest absolute Gasteiger partial charge is 0.230 e. The number of benzene rings is 1.